The average Bonchev–Trinajstić information content (AvgIpc) is 0.761. The number of methoxy groups -OCH3 is 1. The fraction of sp³-hybridized carbons (Fsp3) is 0.194. The van der Waals surface area contributed by atoms with Gasteiger partial charge in [0.2, 0.25) is 0 Å². The first-order chi connectivity index (χ1) is 59.9. The second-order valence-electron chi connectivity index (χ2n) is 28.7. The van der Waals surface area contributed by atoms with Crippen LogP contribution >= 0.6 is 0 Å². The molecule has 124 heavy (non-hydrogen) atoms. The molecular formula is C103H103N9O12. The second kappa shape index (κ2) is 50.5. The van der Waals surface area contributed by atoms with E-state index in [0.29, 0.717) is 71.7 Å². The number of aliphatic hydroxyl groups excluding tert-OH is 1. The Morgan fingerprint density at radius 2 is 0.685 bits per heavy atom. The van der Waals surface area contributed by atoms with E-state index in [1.807, 2.05) is 57.2 Å². The minimum atomic E-state index is -1.30. The van der Waals surface area contributed by atoms with Crippen molar-refractivity contribution in [1.82, 2.24) is 37.4 Å². The third-order valence-corrected chi connectivity index (χ3v) is 18.8. The van der Waals surface area contributed by atoms with Crippen molar-refractivity contribution in [3.8, 4) is 60.7 Å². The van der Waals surface area contributed by atoms with Crippen LogP contribution in [0, 0.1) is 60.7 Å². The highest BCUT2D eigenvalue weighted by atomic mass is 16.5. The fourth-order valence-corrected chi connectivity index (χ4v) is 12.8. The first kappa shape index (κ1) is 96.5. The summed E-state index contributed by atoms with van der Waals surface area (Å²) >= 11 is 0. The van der Waals surface area contributed by atoms with Crippen LogP contribution in [0.3, 0.4) is 0 Å². The number of hydrogen-bond acceptors (Lipinski definition) is 15. The van der Waals surface area contributed by atoms with Crippen molar-refractivity contribution >= 4 is 41.3 Å². The third-order valence-electron chi connectivity index (χ3n) is 18.8. The number of rotatable bonds is 29. The smallest absolute Gasteiger partial charge is 0.335 e. The largest absolute Gasteiger partial charge is 0.478 e. The Bertz CT molecular complexity index is 5290. The normalized spacial score (nSPS) is 11.5. The molecule has 0 fully saturated rings. The number of hydrogen-bond donors (Lipinski definition) is 12. The third kappa shape index (κ3) is 29.4. The highest BCUT2D eigenvalue weighted by Gasteiger charge is 2.38. The minimum Gasteiger partial charge on any atom is -0.478 e. The summed E-state index contributed by atoms with van der Waals surface area (Å²) in [5.74, 6) is 15.2. The van der Waals surface area contributed by atoms with Crippen LogP contribution in [0.5, 0.6) is 0 Å². The van der Waals surface area contributed by atoms with Gasteiger partial charge in [-0.1, -0.05) is 212 Å². The van der Waals surface area contributed by atoms with Gasteiger partial charge in [0.15, 0.2) is 5.78 Å². The number of benzene rings is 11. The van der Waals surface area contributed by atoms with Crippen molar-refractivity contribution in [2.45, 2.75) is 75.6 Å². The maximum absolute atomic E-state index is 12.6. The number of nitrogens with two attached hydrogens (primary N) is 2. The SMILES string of the molecule is C#Cc1ccc(C(=O)NCCNC(c2ccccc2)(c2ccccc2)c2ccccc2)cc1.C#Cc1ccc(C(=O)N[C@H](C(=O)COC)[C@@H](C)OC(C)(C)C)cc1.C#Cc1ccc(C(=O)O)cc1.C[C@@H](O)[C@H](NC(=O)c1ccc(C#CC#Cc2ccc(C(=O)NCCN)cc2)cc1)C(=O)NO.NCCNC(c1ccccc1)(c1ccccc1)c1ccccc1. The van der Waals surface area contributed by atoms with Crippen LogP contribution in [-0.2, 0) is 30.1 Å². The van der Waals surface area contributed by atoms with Crippen LogP contribution in [0.15, 0.2) is 303 Å². The Hall–Kier alpha value is -14.6. The molecule has 0 unspecified atom stereocenters. The van der Waals surface area contributed by atoms with Gasteiger partial charge in [0.1, 0.15) is 18.7 Å². The molecule has 0 aromatic heterocycles. The monoisotopic (exact) mass is 1660 g/mol. The quantitative estimate of drug-likeness (QED) is 0.00681. The first-order valence-electron chi connectivity index (χ1n) is 39.8. The van der Waals surface area contributed by atoms with Crippen LogP contribution in [0.25, 0.3) is 0 Å². The Balaban J connectivity index is 0.000000220. The van der Waals surface area contributed by atoms with Gasteiger partial charge < -0.3 is 52.4 Å². The summed E-state index contributed by atoms with van der Waals surface area (Å²) in [7, 11) is 1.44. The number of carboxylic acids is 1. The maximum atomic E-state index is 12.6. The van der Waals surface area contributed by atoms with E-state index in [1.54, 1.807) is 104 Å². The van der Waals surface area contributed by atoms with Crippen molar-refractivity contribution < 1.29 is 58.5 Å². The number of terminal acetylenes is 3. The van der Waals surface area contributed by atoms with E-state index in [4.69, 9.17) is 50.5 Å². The van der Waals surface area contributed by atoms with Gasteiger partial charge in [0.05, 0.1) is 34.5 Å². The summed E-state index contributed by atoms with van der Waals surface area (Å²) in [5.41, 5.74) is 23.7. The molecule has 0 radical (unpaired) electrons. The van der Waals surface area contributed by atoms with E-state index in [2.05, 4.69) is 219 Å². The number of aromatic carboxylic acids is 1. The molecule has 11 aromatic rings. The average molecular weight is 1660 g/mol. The molecule has 4 atom stereocenters. The van der Waals surface area contributed by atoms with Crippen LogP contribution in [-0.4, -0.2) is 140 Å². The molecule has 0 saturated carbocycles. The van der Waals surface area contributed by atoms with Crippen LogP contribution < -0.4 is 48.8 Å². The van der Waals surface area contributed by atoms with E-state index in [-0.39, 0.29) is 41.2 Å². The van der Waals surface area contributed by atoms with Gasteiger partial charge in [-0.2, -0.15) is 0 Å². The number of ketones is 1. The maximum Gasteiger partial charge on any atom is 0.335 e. The molecule has 0 heterocycles. The Labute approximate surface area is 726 Å². The fourth-order valence-electron chi connectivity index (χ4n) is 12.8. The number of carbonyl (C=O) groups excluding carboxylic acids is 6. The molecule has 14 N–H and O–H groups in total. The first-order valence-corrected chi connectivity index (χ1v) is 39.8. The number of aliphatic hydroxyl groups is 1. The van der Waals surface area contributed by atoms with Gasteiger partial charge in [-0.25, -0.2) is 10.3 Å². The molecule has 11 aromatic carbocycles. The van der Waals surface area contributed by atoms with E-state index in [1.165, 1.54) is 60.5 Å². The molecule has 0 spiro atoms. The second-order valence-corrected chi connectivity index (χ2v) is 28.7. The van der Waals surface area contributed by atoms with E-state index in [0.717, 1.165) is 28.8 Å². The highest BCUT2D eigenvalue weighted by Crippen LogP contribution is 2.38. The molecule has 5 amide bonds. The molecule has 0 aliphatic heterocycles. The molecule has 0 saturated heterocycles. The predicted molar refractivity (Wildman–Crippen MR) is 485 cm³/mol. The number of amides is 5. The molecule has 632 valence electrons. The summed E-state index contributed by atoms with van der Waals surface area (Å²) in [4.78, 5) is 83.3. The van der Waals surface area contributed by atoms with E-state index < -0.39 is 58.8 Å². The lowest BCUT2D eigenvalue weighted by atomic mass is 9.77. The number of hydroxylamine groups is 1. The Kier molecular flexibility index (Phi) is 39.3. The molecule has 21 nitrogen and oxygen atoms in total. The van der Waals surface area contributed by atoms with Crippen LogP contribution in [0.1, 0.15) is 148 Å². The summed E-state index contributed by atoms with van der Waals surface area (Å²) in [6.45, 7) is 11.8. The molecule has 11 rings (SSSR count). The molecule has 0 bridgehead atoms. The zero-order valence-electron chi connectivity index (χ0n) is 70.0. The number of nitrogens with one attached hydrogen (secondary N) is 7. The number of Topliss-reactive ketones (excluding diaryl/α,β-unsaturated/α-hetero) is 1. The van der Waals surface area contributed by atoms with Gasteiger partial charge in [-0.15, -0.1) is 19.3 Å². The zero-order chi connectivity index (χ0) is 89.7. The lowest BCUT2D eigenvalue weighted by Crippen LogP contribution is -2.51. The summed E-state index contributed by atoms with van der Waals surface area (Å²) in [6, 6.07) is 93.6. The van der Waals surface area contributed by atoms with Gasteiger partial charge in [0.25, 0.3) is 29.5 Å². The number of ether oxygens (including phenoxy) is 2. The Morgan fingerprint density at radius 1 is 0.395 bits per heavy atom. The zero-order valence-corrected chi connectivity index (χ0v) is 70.0. The van der Waals surface area contributed by atoms with Crippen molar-refractivity contribution in [2.24, 2.45) is 11.5 Å². The van der Waals surface area contributed by atoms with Crippen molar-refractivity contribution in [3.63, 3.8) is 0 Å². The molecule has 21 heteroatoms. The number of carbonyl (C=O) groups is 7. The molecule has 0 aliphatic carbocycles. The van der Waals surface area contributed by atoms with Crippen LogP contribution in [0.4, 0.5) is 0 Å². The van der Waals surface area contributed by atoms with E-state index >= 15 is 0 Å². The Morgan fingerprint density at radius 3 is 0.968 bits per heavy atom. The van der Waals surface area contributed by atoms with Crippen LogP contribution in [0.2, 0.25) is 0 Å². The minimum absolute atomic E-state index is 0.0984. The van der Waals surface area contributed by atoms with Gasteiger partial charge >= 0.3 is 5.97 Å². The molecular weight excluding hydrogens is 1560 g/mol. The van der Waals surface area contributed by atoms with Gasteiger partial charge in [-0.05, 0) is 201 Å². The van der Waals surface area contributed by atoms with Crippen molar-refractivity contribution in [2.75, 3.05) is 53.0 Å². The van der Waals surface area contributed by atoms with E-state index in [9.17, 15) is 38.7 Å². The summed E-state index contributed by atoms with van der Waals surface area (Å²) in [5, 5.41) is 45.0. The van der Waals surface area contributed by atoms with Crippen molar-refractivity contribution in [3.05, 3.63) is 392 Å². The predicted octanol–water partition coefficient (Wildman–Crippen LogP) is 11.8. The highest BCUT2D eigenvalue weighted by molar-refractivity contribution is 5.99. The lowest BCUT2D eigenvalue weighted by molar-refractivity contribution is -0.133. The number of carboxylic acid groups (broad SMARTS) is 1. The summed E-state index contributed by atoms with van der Waals surface area (Å²) in [6.07, 6.45) is 14.1. The van der Waals surface area contributed by atoms with Crippen molar-refractivity contribution in [1.29, 1.82) is 0 Å². The lowest BCUT2D eigenvalue weighted by Gasteiger charge is -2.37. The standard InChI is InChI=1S/C30H26N2O.C24H24N4O5.C21H22N2.C19H25NO4.C9H6O2/c1-2-24-18-20-25(21-19-24)29(33)31-22-23-32-30(26-12-6-3-7-13-26,27-14-8-4-9-15-27)28-16-10-5-11-17-28;1-16(29)21(24(32)28-33)27-23(31)20-12-8-18(9-13-20)5-3-2-4-17-6-10-19(11-7-17)22(30)26-15-14-25;22-16-17-23-21(18-10-4-1-5-11-18,19-12-6-2-7-13-19)20-14-8-3-9-15-20;1-7-14-8-10-15(11-9-14)18(22)20-17(16(21)12-23-6)13(2)24-19(3,4)5;1-2-7-3-5-8(6-4-7)9(10)11/h1,3-21,32H,22-23H2,(H,31,33);6-13,16,21,29,33H,14-15,25H2,1H3,(H,26,30)(H,27,31)(H,28,32);1-15,23H,16-17,22H2;1,8-11,13,17H,12H2,2-6H3,(H,20,22);1,3-6H,(H,10,11)/t;16-,21+;;13-,17+;/m.1.1./s1. The van der Waals surface area contributed by atoms with Gasteiger partial charge in [-0.3, -0.25) is 44.6 Å². The molecule has 0 aliphatic rings. The topological polar surface area (TPSA) is 335 Å². The summed E-state index contributed by atoms with van der Waals surface area (Å²) < 4.78 is 10.7. The van der Waals surface area contributed by atoms with Gasteiger partial charge in [0, 0.05) is 96.4 Å².